The Morgan fingerprint density at radius 2 is 1.80 bits per heavy atom. The Bertz CT molecular complexity index is 1130. The summed E-state index contributed by atoms with van der Waals surface area (Å²) in [7, 11) is -1.34. The molecule has 156 valence electrons. The van der Waals surface area contributed by atoms with Crippen LogP contribution in [0.5, 0.6) is 11.6 Å². The number of nitrogens with one attached hydrogen (secondary N) is 1. The summed E-state index contributed by atoms with van der Waals surface area (Å²) in [5, 5.41) is 2.68. The second-order valence-corrected chi connectivity index (χ2v) is 8.32. The first-order chi connectivity index (χ1) is 14.3. The Kier molecular flexibility index (Phi) is 6.46. The van der Waals surface area contributed by atoms with Crippen molar-refractivity contribution in [3.63, 3.8) is 0 Å². The van der Waals surface area contributed by atoms with Gasteiger partial charge in [-0.05, 0) is 43.3 Å². The van der Waals surface area contributed by atoms with Crippen LogP contribution in [-0.2, 0) is 14.9 Å². The van der Waals surface area contributed by atoms with Gasteiger partial charge in [-0.15, -0.1) is 0 Å². The van der Waals surface area contributed by atoms with E-state index in [1.807, 2.05) is 31.2 Å². The number of hydrogen-bond acceptors (Lipinski definition) is 6. The van der Waals surface area contributed by atoms with Gasteiger partial charge >= 0.3 is 0 Å². The second-order valence-electron chi connectivity index (χ2n) is 6.38. The van der Waals surface area contributed by atoms with E-state index in [2.05, 4.69) is 10.3 Å². The van der Waals surface area contributed by atoms with E-state index >= 15 is 0 Å². The Morgan fingerprint density at radius 1 is 1.07 bits per heavy atom. The number of benzene rings is 2. The zero-order chi connectivity index (χ0) is 21.7. The minimum absolute atomic E-state index is 0.0560. The smallest absolute Gasteiger partial charge is 0.264 e. The van der Waals surface area contributed by atoms with E-state index in [9.17, 15) is 13.2 Å². The lowest BCUT2D eigenvalue weighted by Gasteiger charge is -2.14. The average Bonchev–Trinajstić information content (AvgIpc) is 2.76. The van der Waals surface area contributed by atoms with Crippen LogP contribution in [0, 0.1) is 6.92 Å². The van der Waals surface area contributed by atoms with E-state index in [1.54, 1.807) is 12.1 Å². The third-order valence-electron chi connectivity index (χ3n) is 4.23. The van der Waals surface area contributed by atoms with Gasteiger partial charge in [0, 0.05) is 18.7 Å². The fraction of sp³-hybridized carbons (Fsp3) is 0.143. The molecule has 0 spiro atoms. The van der Waals surface area contributed by atoms with E-state index < -0.39 is 15.9 Å². The van der Waals surface area contributed by atoms with E-state index in [1.165, 1.54) is 44.6 Å². The molecule has 0 aliphatic carbocycles. The second kappa shape index (κ2) is 9.04. The predicted molar refractivity (Wildman–Crippen MR) is 112 cm³/mol. The molecule has 0 aliphatic heterocycles. The van der Waals surface area contributed by atoms with Crippen molar-refractivity contribution in [1.29, 1.82) is 0 Å². The van der Waals surface area contributed by atoms with Crippen molar-refractivity contribution in [3.05, 3.63) is 78.0 Å². The number of sulfonamides is 1. The highest BCUT2D eigenvalue weighted by molar-refractivity contribution is 7.89. The molecule has 8 nitrogen and oxygen atoms in total. The van der Waals surface area contributed by atoms with Gasteiger partial charge in [-0.3, -0.25) is 9.63 Å². The predicted octanol–water partition coefficient (Wildman–Crippen LogP) is 3.62. The number of carbonyl (C=O) groups excluding carboxylic acids is 1. The number of nitrogens with zero attached hydrogens (tertiary/aromatic N) is 2. The summed E-state index contributed by atoms with van der Waals surface area (Å²) in [5.74, 6) is 0.567. The molecule has 30 heavy (non-hydrogen) atoms. The molecule has 3 aromatic rings. The minimum Gasteiger partial charge on any atom is -0.439 e. The highest BCUT2D eigenvalue weighted by atomic mass is 32.2. The molecule has 2 aromatic carbocycles. The van der Waals surface area contributed by atoms with Crippen LogP contribution < -0.4 is 10.1 Å². The SMILES string of the molecule is CON(C)S(=O)(=O)c1cccc(C(=O)Nc2ccc(Oc3ccc(C)cc3)nc2)c1. The molecule has 3 rings (SSSR count). The topological polar surface area (TPSA) is 97.8 Å². The van der Waals surface area contributed by atoms with Crippen molar-refractivity contribution in [2.45, 2.75) is 11.8 Å². The van der Waals surface area contributed by atoms with Crippen molar-refractivity contribution >= 4 is 21.6 Å². The molecule has 1 aromatic heterocycles. The molecule has 0 atom stereocenters. The highest BCUT2D eigenvalue weighted by Gasteiger charge is 2.22. The number of rotatable bonds is 7. The number of pyridine rings is 1. The fourth-order valence-electron chi connectivity index (χ4n) is 2.49. The molecule has 0 saturated heterocycles. The zero-order valence-electron chi connectivity index (χ0n) is 16.7. The number of anilines is 1. The first kappa shape index (κ1) is 21.4. The monoisotopic (exact) mass is 427 g/mol. The van der Waals surface area contributed by atoms with Crippen LogP contribution in [0.4, 0.5) is 5.69 Å². The summed E-state index contributed by atoms with van der Waals surface area (Å²) >= 11 is 0. The first-order valence-corrected chi connectivity index (χ1v) is 10.4. The number of ether oxygens (including phenoxy) is 1. The lowest BCUT2D eigenvalue weighted by Crippen LogP contribution is -2.26. The van der Waals surface area contributed by atoms with E-state index in [4.69, 9.17) is 9.57 Å². The molecule has 0 radical (unpaired) electrons. The van der Waals surface area contributed by atoms with Crippen molar-refractivity contribution < 1.29 is 22.8 Å². The largest absolute Gasteiger partial charge is 0.439 e. The van der Waals surface area contributed by atoms with Gasteiger partial charge in [-0.1, -0.05) is 28.2 Å². The van der Waals surface area contributed by atoms with Gasteiger partial charge < -0.3 is 10.1 Å². The number of carbonyl (C=O) groups is 1. The van der Waals surface area contributed by atoms with Crippen LogP contribution >= 0.6 is 0 Å². The lowest BCUT2D eigenvalue weighted by atomic mass is 10.2. The van der Waals surface area contributed by atoms with Crippen LogP contribution in [0.2, 0.25) is 0 Å². The molecular weight excluding hydrogens is 406 g/mol. The van der Waals surface area contributed by atoms with Crippen LogP contribution in [0.1, 0.15) is 15.9 Å². The molecule has 1 heterocycles. The van der Waals surface area contributed by atoms with Gasteiger partial charge in [-0.2, -0.15) is 0 Å². The minimum atomic E-state index is -3.85. The summed E-state index contributed by atoms with van der Waals surface area (Å²) < 4.78 is 31.1. The fourth-order valence-corrected chi connectivity index (χ4v) is 3.51. The van der Waals surface area contributed by atoms with E-state index in [0.29, 0.717) is 17.3 Å². The highest BCUT2D eigenvalue weighted by Crippen LogP contribution is 2.21. The van der Waals surface area contributed by atoms with Crippen molar-refractivity contribution in [1.82, 2.24) is 9.45 Å². The Balaban J connectivity index is 1.70. The molecule has 0 bridgehead atoms. The number of hydrogen-bond donors (Lipinski definition) is 1. The van der Waals surface area contributed by atoms with Crippen LogP contribution in [-0.4, -0.2) is 37.9 Å². The molecule has 9 heteroatoms. The standard InChI is InChI=1S/C21H21N3O5S/c1-15-7-10-18(11-8-15)29-20-12-9-17(14-22-20)23-21(25)16-5-4-6-19(13-16)30(26,27)24(2)28-3/h4-14H,1-3H3,(H,23,25). The number of aromatic nitrogens is 1. The Labute approximate surface area is 175 Å². The van der Waals surface area contributed by atoms with Gasteiger partial charge in [0.05, 0.1) is 23.9 Å². The van der Waals surface area contributed by atoms with Crippen LogP contribution in [0.15, 0.2) is 71.8 Å². The van der Waals surface area contributed by atoms with Gasteiger partial charge in [-0.25, -0.2) is 13.4 Å². The van der Waals surface area contributed by atoms with Crippen molar-refractivity contribution in [3.8, 4) is 11.6 Å². The average molecular weight is 427 g/mol. The maximum atomic E-state index is 12.5. The number of amides is 1. The van der Waals surface area contributed by atoms with Crippen LogP contribution in [0.25, 0.3) is 0 Å². The maximum absolute atomic E-state index is 12.5. The van der Waals surface area contributed by atoms with E-state index in [-0.39, 0.29) is 10.5 Å². The molecule has 0 fully saturated rings. The molecule has 1 N–H and O–H groups in total. The molecule has 0 saturated carbocycles. The summed E-state index contributed by atoms with van der Waals surface area (Å²) in [5.41, 5.74) is 1.75. The maximum Gasteiger partial charge on any atom is 0.264 e. The number of aryl methyl sites for hydroxylation is 1. The van der Waals surface area contributed by atoms with Crippen molar-refractivity contribution in [2.75, 3.05) is 19.5 Å². The van der Waals surface area contributed by atoms with Gasteiger partial charge in [0.1, 0.15) is 5.75 Å². The van der Waals surface area contributed by atoms with Gasteiger partial charge in [0.2, 0.25) is 5.88 Å². The number of hydroxylamine groups is 1. The van der Waals surface area contributed by atoms with Gasteiger partial charge in [0.15, 0.2) is 0 Å². The molecule has 0 aliphatic rings. The third-order valence-corrected chi connectivity index (χ3v) is 5.90. The first-order valence-electron chi connectivity index (χ1n) is 8.94. The summed E-state index contributed by atoms with van der Waals surface area (Å²) in [6, 6.07) is 16.5. The zero-order valence-corrected chi connectivity index (χ0v) is 17.5. The molecule has 1 amide bonds. The van der Waals surface area contributed by atoms with Crippen LogP contribution in [0.3, 0.4) is 0 Å². The van der Waals surface area contributed by atoms with Crippen molar-refractivity contribution in [2.24, 2.45) is 0 Å². The van der Waals surface area contributed by atoms with E-state index in [0.717, 1.165) is 10.0 Å². The Morgan fingerprint density at radius 3 is 2.43 bits per heavy atom. The Hall–Kier alpha value is -3.27. The molecule has 0 unspecified atom stereocenters. The summed E-state index contributed by atoms with van der Waals surface area (Å²) in [4.78, 5) is 21.4. The van der Waals surface area contributed by atoms with Gasteiger partial charge in [0.25, 0.3) is 15.9 Å². The molecular formula is C21H21N3O5S. The lowest BCUT2D eigenvalue weighted by molar-refractivity contribution is -0.0258. The summed E-state index contributed by atoms with van der Waals surface area (Å²) in [6.07, 6.45) is 1.46. The normalized spacial score (nSPS) is 11.3. The summed E-state index contributed by atoms with van der Waals surface area (Å²) in [6.45, 7) is 1.99. The third kappa shape index (κ3) is 5.01. The quantitative estimate of drug-likeness (QED) is 0.579.